The van der Waals surface area contributed by atoms with Crippen molar-refractivity contribution in [3.63, 3.8) is 0 Å². The van der Waals surface area contributed by atoms with Crippen LogP contribution in [0.5, 0.6) is 0 Å². The van der Waals surface area contributed by atoms with Crippen LogP contribution >= 0.6 is 11.6 Å². The summed E-state index contributed by atoms with van der Waals surface area (Å²) in [6.45, 7) is 0. The minimum absolute atomic E-state index is 0.170. The monoisotopic (exact) mass is 354 g/mol. The van der Waals surface area contributed by atoms with E-state index in [-0.39, 0.29) is 11.1 Å². The lowest BCUT2D eigenvalue weighted by molar-refractivity contribution is 0.0685. The second kappa shape index (κ2) is 5.45. The Morgan fingerprint density at radius 3 is 1.96 bits per heavy atom. The SMILES string of the molecule is O=C(O)c1c(F)c(F)c(C(F)Cl)c2c1C(=O)c1ccccc1C2=O. The highest BCUT2D eigenvalue weighted by Gasteiger charge is 2.41. The molecule has 1 N–H and O–H groups in total. The van der Waals surface area contributed by atoms with Gasteiger partial charge in [0.15, 0.2) is 23.2 Å². The number of aromatic carboxylic acids is 1. The summed E-state index contributed by atoms with van der Waals surface area (Å²) in [4.78, 5) is 36.4. The number of rotatable bonds is 2. The zero-order valence-electron chi connectivity index (χ0n) is 11.6. The Balaban J connectivity index is 2.53. The molecule has 8 heteroatoms. The van der Waals surface area contributed by atoms with E-state index in [1.807, 2.05) is 0 Å². The van der Waals surface area contributed by atoms with Crippen LogP contribution in [0.1, 0.15) is 53.4 Å². The maximum absolute atomic E-state index is 14.1. The molecule has 0 fully saturated rings. The Kier molecular flexibility index (Phi) is 3.68. The van der Waals surface area contributed by atoms with Gasteiger partial charge in [-0.05, 0) is 0 Å². The van der Waals surface area contributed by atoms with Crippen LogP contribution in [0.2, 0.25) is 0 Å². The molecule has 24 heavy (non-hydrogen) atoms. The molecule has 4 nitrogen and oxygen atoms in total. The Labute approximate surface area is 137 Å². The van der Waals surface area contributed by atoms with Crippen LogP contribution in [0, 0.1) is 11.6 Å². The Hall–Kier alpha value is -2.67. The van der Waals surface area contributed by atoms with Crippen molar-refractivity contribution < 1.29 is 32.7 Å². The quantitative estimate of drug-likeness (QED) is 0.713. The molecule has 0 spiro atoms. The van der Waals surface area contributed by atoms with Crippen LogP contribution in [-0.4, -0.2) is 22.6 Å². The van der Waals surface area contributed by atoms with E-state index in [2.05, 4.69) is 0 Å². The second-order valence-electron chi connectivity index (χ2n) is 4.98. The van der Waals surface area contributed by atoms with E-state index in [1.54, 1.807) is 0 Å². The lowest BCUT2D eigenvalue weighted by atomic mass is 9.79. The fraction of sp³-hybridized carbons (Fsp3) is 0.0625. The molecule has 0 saturated heterocycles. The average Bonchev–Trinajstić information content (AvgIpc) is 2.53. The average molecular weight is 355 g/mol. The molecule has 0 radical (unpaired) electrons. The van der Waals surface area contributed by atoms with Crippen LogP contribution in [-0.2, 0) is 0 Å². The lowest BCUT2D eigenvalue weighted by Crippen LogP contribution is -2.28. The predicted molar refractivity (Wildman–Crippen MR) is 76.3 cm³/mol. The summed E-state index contributed by atoms with van der Waals surface area (Å²) >= 11 is 5.21. The number of alkyl halides is 2. The van der Waals surface area contributed by atoms with E-state index in [0.29, 0.717) is 0 Å². The molecule has 0 aromatic heterocycles. The number of benzene rings is 2. The first kappa shape index (κ1) is 16.2. The zero-order chi connectivity index (χ0) is 17.8. The lowest BCUT2D eigenvalue weighted by Gasteiger charge is -2.22. The number of carboxylic acid groups (broad SMARTS) is 1. The molecule has 0 heterocycles. The minimum Gasteiger partial charge on any atom is -0.478 e. The number of carbonyl (C=O) groups is 3. The van der Waals surface area contributed by atoms with E-state index in [9.17, 15) is 27.6 Å². The van der Waals surface area contributed by atoms with Gasteiger partial charge in [-0.2, -0.15) is 0 Å². The molecule has 0 bridgehead atoms. The smallest absolute Gasteiger partial charge is 0.339 e. The fourth-order valence-corrected chi connectivity index (χ4v) is 2.93. The summed E-state index contributed by atoms with van der Waals surface area (Å²) in [6.07, 6.45) is 0. The van der Waals surface area contributed by atoms with E-state index < -0.39 is 57.1 Å². The third-order valence-corrected chi connectivity index (χ3v) is 3.94. The molecular weight excluding hydrogens is 349 g/mol. The van der Waals surface area contributed by atoms with E-state index >= 15 is 0 Å². The van der Waals surface area contributed by atoms with Crippen LogP contribution in [0.15, 0.2) is 24.3 Å². The summed E-state index contributed by atoms with van der Waals surface area (Å²) in [7, 11) is 0. The first-order valence-corrected chi connectivity index (χ1v) is 6.95. The van der Waals surface area contributed by atoms with Crippen LogP contribution in [0.4, 0.5) is 13.2 Å². The Morgan fingerprint density at radius 1 is 1.00 bits per heavy atom. The van der Waals surface area contributed by atoms with Crippen molar-refractivity contribution in [1.29, 1.82) is 0 Å². The van der Waals surface area contributed by atoms with Crippen molar-refractivity contribution in [3.8, 4) is 0 Å². The number of fused-ring (bicyclic) bond motifs is 2. The normalized spacial score (nSPS) is 14.2. The van der Waals surface area contributed by atoms with Gasteiger partial charge in [0.05, 0.1) is 11.1 Å². The number of hydrogen-bond donors (Lipinski definition) is 1. The Morgan fingerprint density at radius 2 is 1.50 bits per heavy atom. The highest BCUT2D eigenvalue weighted by molar-refractivity contribution is 6.32. The molecule has 1 unspecified atom stereocenters. The van der Waals surface area contributed by atoms with Crippen molar-refractivity contribution in [1.82, 2.24) is 0 Å². The summed E-state index contributed by atoms with van der Waals surface area (Å²) in [5.74, 6) is -7.83. The molecule has 2 aromatic rings. The van der Waals surface area contributed by atoms with Crippen molar-refractivity contribution >= 4 is 29.1 Å². The highest BCUT2D eigenvalue weighted by Crippen LogP contribution is 2.39. The van der Waals surface area contributed by atoms with Crippen molar-refractivity contribution in [2.24, 2.45) is 0 Å². The number of carboxylic acids is 1. The maximum Gasteiger partial charge on any atom is 0.339 e. The van der Waals surface area contributed by atoms with E-state index in [1.165, 1.54) is 24.3 Å². The molecule has 1 aliphatic rings. The summed E-state index contributed by atoms with van der Waals surface area (Å²) in [5, 5.41) is 9.13. The van der Waals surface area contributed by atoms with Crippen LogP contribution in [0.25, 0.3) is 0 Å². The van der Waals surface area contributed by atoms with E-state index in [4.69, 9.17) is 16.7 Å². The van der Waals surface area contributed by atoms with Gasteiger partial charge in [0.2, 0.25) is 5.63 Å². The molecule has 0 saturated carbocycles. The molecule has 1 atom stereocenters. The van der Waals surface area contributed by atoms with Gasteiger partial charge < -0.3 is 5.11 Å². The third-order valence-electron chi connectivity index (χ3n) is 3.72. The van der Waals surface area contributed by atoms with Gasteiger partial charge in [0.1, 0.15) is 5.56 Å². The van der Waals surface area contributed by atoms with Gasteiger partial charge in [0.25, 0.3) is 0 Å². The number of halogens is 4. The van der Waals surface area contributed by atoms with Gasteiger partial charge in [-0.3, -0.25) is 9.59 Å². The fourth-order valence-electron chi connectivity index (χ4n) is 2.72. The standard InChI is InChI=1S/C16H6ClF3O4/c17-15(20)9-7-8(10(16(23)24)12(19)11(9)18)14(22)6-4-2-1-3-5(6)13(7)21/h1-4,15H,(H,23,24). The number of ketones is 2. The largest absolute Gasteiger partial charge is 0.478 e. The van der Waals surface area contributed by atoms with Gasteiger partial charge in [-0.15, -0.1) is 0 Å². The minimum atomic E-state index is -2.64. The zero-order valence-corrected chi connectivity index (χ0v) is 12.3. The van der Waals surface area contributed by atoms with Gasteiger partial charge in [0, 0.05) is 16.7 Å². The number of hydrogen-bond acceptors (Lipinski definition) is 3. The molecule has 3 rings (SSSR count). The summed E-state index contributed by atoms with van der Waals surface area (Å²) in [6, 6.07) is 5.31. The van der Waals surface area contributed by atoms with Gasteiger partial charge in [-0.25, -0.2) is 18.0 Å². The van der Waals surface area contributed by atoms with E-state index in [0.717, 1.165) is 0 Å². The first-order chi connectivity index (χ1) is 11.3. The van der Waals surface area contributed by atoms with Crippen LogP contribution in [0.3, 0.4) is 0 Å². The topological polar surface area (TPSA) is 71.4 Å². The Bertz CT molecular complexity index is 937. The summed E-state index contributed by atoms with van der Waals surface area (Å²) in [5.41, 5.74) is -7.26. The molecule has 0 aliphatic heterocycles. The van der Waals surface area contributed by atoms with Crippen LogP contribution < -0.4 is 0 Å². The second-order valence-corrected chi connectivity index (χ2v) is 5.36. The van der Waals surface area contributed by atoms with Crippen molar-refractivity contribution in [2.75, 3.05) is 0 Å². The molecule has 2 aromatic carbocycles. The van der Waals surface area contributed by atoms with Gasteiger partial charge in [-0.1, -0.05) is 35.9 Å². The van der Waals surface area contributed by atoms with Crippen molar-refractivity contribution in [3.05, 3.63) is 69.3 Å². The molecule has 122 valence electrons. The predicted octanol–water partition coefficient (Wildman–Crippen LogP) is 3.65. The van der Waals surface area contributed by atoms with Crippen molar-refractivity contribution in [2.45, 2.75) is 5.63 Å². The summed E-state index contributed by atoms with van der Waals surface area (Å²) < 4.78 is 41.8. The first-order valence-electron chi connectivity index (χ1n) is 6.52. The highest BCUT2D eigenvalue weighted by atomic mass is 35.5. The molecular formula is C16H6ClF3O4. The van der Waals surface area contributed by atoms with Gasteiger partial charge >= 0.3 is 5.97 Å². The molecule has 0 amide bonds. The third kappa shape index (κ3) is 2.05. The number of carbonyl (C=O) groups excluding carboxylic acids is 2. The molecule has 1 aliphatic carbocycles. The maximum atomic E-state index is 14.1.